The van der Waals surface area contributed by atoms with E-state index in [4.69, 9.17) is 5.11 Å². The summed E-state index contributed by atoms with van der Waals surface area (Å²) in [6.07, 6.45) is -2.66. The monoisotopic (exact) mass is 237 g/mol. The van der Waals surface area contributed by atoms with E-state index in [1.165, 1.54) is 4.90 Å². The minimum absolute atomic E-state index is 0.277. The fourth-order valence-corrected chi connectivity index (χ4v) is 2.06. The van der Waals surface area contributed by atoms with Crippen LogP contribution in [-0.4, -0.2) is 51.0 Å². The largest absolute Gasteiger partial charge is 0.394 e. The third-order valence-corrected chi connectivity index (χ3v) is 3.04. The molecule has 3 N–H and O–H groups in total. The van der Waals surface area contributed by atoms with Gasteiger partial charge in [0.25, 0.3) is 5.91 Å². The Bertz CT molecular complexity index is 395. The zero-order valence-electron chi connectivity index (χ0n) is 9.23. The SMILES string of the molecule is O=C1C(O)C(O)C(CO)N1Cc1ccccc1. The van der Waals surface area contributed by atoms with Crippen molar-refractivity contribution < 1.29 is 20.1 Å². The van der Waals surface area contributed by atoms with Gasteiger partial charge in [-0.15, -0.1) is 0 Å². The van der Waals surface area contributed by atoms with E-state index in [1.54, 1.807) is 0 Å². The van der Waals surface area contributed by atoms with Crippen LogP contribution >= 0.6 is 0 Å². The molecule has 0 radical (unpaired) electrons. The molecule has 1 aliphatic rings. The van der Waals surface area contributed by atoms with E-state index < -0.39 is 24.2 Å². The van der Waals surface area contributed by atoms with Crippen LogP contribution in [0.2, 0.25) is 0 Å². The van der Waals surface area contributed by atoms with Crippen molar-refractivity contribution >= 4 is 5.91 Å². The molecule has 1 fully saturated rings. The van der Waals surface area contributed by atoms with E-state index in [0.29, 0.717) is 0 Å². The first kappa shape index (κ1) is 12.0. The van der Waals surface area contributed by atoms with Crippen LogP contribution in [0.15, 0.2) is 30.3 Å². The van der Waals surface area contributed by atoms with Crippen molar-refractivity contribution in [3.63, 3.8) is 0 Å². The molecule has 1 heterocycles. The van der Waals surface area contributed by atoms with Crippen LogP contribution in [-0.2, 0) is 11.3 Å². The molecular formula is C12H15NO4. The molecule has 1 aromatic carbocycles. The highest BCUT2D eigenvalue weighted by molar-refractivity contribution is 5.84. The summed E-state index contributed by atoms with van der Waals surface area (Å²) in [4.78, 5) is 13.0. The smallest absolute Gasteiger partial charge is 0.254 e. The molecule has 1 saturated heterocycles. The summed E-state index contributed by atoms with van der Waals surface area (Å²) in [6.45, 7) is -0.0875. The number of carbonyl (C=O) groups is 1. The fraction of sp³-hybridized carbons (Fsp3) is 0.417. The van der Waals surface area contributed by atoms with Gasteiger partial charge in [0.15, 0.2) is 6.10 Å². The fourth-order valence-electron chi connectivity index (χ4n) is 2.06. The Hall–Kier alpha value is -1.43. The number of likely N-dealkylation sites (tertiary alicyclic amines) is 1. The van der Waals surface area contributed by atoms with Crippen LogP contribution in [0.5, 0.6) is 0 Å². The third-order valence-electron chi connectivity index (χ3n) is 3.04. The van der Waals surface area contributed by atoms with Crippen LogP contribution in [0.25, 0.3) is 0 Å². The summed E-state index contributed by atoms with van der Waals surface area (Å²) in [6, 6.07) is 8.51. The predicted octanol–water partition coefficient (Wildman–Crippen LogP) is -0.889. The Kier molecular flexibility index (Phi) is 3.42. The van der Waals surface area contributed by atoms with Crippen molar-refractivity contribution in [3.8, 4) is 0 Å². The number of hydrogen-bond acceptors (Lipinski definition) is 4. The van der Waals surface area contributed by atoms with Gasteiger partial charge in [0.1, 0.15) is 6.10 Å². The molecule has 5 heteroatoms. The lowest BCUT2D eigenvalue weighted by Gasteiger charge is -2.24. The molecule has 0 aliphatic carbocycles. The standard InChI is InChI=1S/C12H15NO4/c14-7-9-10(15)11(16)12(17)13(9)6-8-4-2-1-3-5-8/h1-5,9-11,14-16H,6-7H2. The average Bonchev–Trinajstić information content (AvgIpc) is 2.55. The van der Waals surface area contributed by atoms with Crippen LogP contribution < -0.4 is 0 Å². The summed E-state index contributed by atoms with van der Waals surface area (Å²) in [5, 5.41) is 28.2. The Morgan fingerprint density at radius 3 is 2.41 bits per heavy atom. The van der Waals surface area contributed by atoms with Crippen molar-refractivity contribution in [2.75, 3.05) is 6.61 Å². The summed E-state index contributed by atoms with van der Waals surface area (Å²) in [7, 11) is 0. The number of aliphatic hydroxyl groups excluding tert-OH is 3. The van der Waals surface area contributed by atoms with Gasteiger partial charge in [-0.25, -0.2) is 0 Å². The Balaban J connectivity index is 2.17. The molecule has 0 spiro atoms. The average molecular weight is 237 g/mol. The Morgan fingerprint density at radius 2 is 1.82 bits per heavy atom. The number of rotatable bonds is 3. The van der Waals surface area contributed by atoms with Gasteiger partial charge in [-0.2, -0.15) is 0 Å². The van der Waals surface area contributed by atoms with E-state index in [1.807, 2.05) is 30.3 Å². The molecule has 1 aliphatic heterocycles. The molecule has 3 unspecified atom stereocenters. The number of amides is 1. The maximum atomic E-state index is 11.7. The van der Waals surface area contributed by atoms with Gasteiger partial charge in [-0.1, -0.05) is 30.3 Å². The van der Waals surface area contributed by atoms with E-state index in [0.717, 1.165) is 5.56 Å². The van der Waals surface area contributed by atoms with E-state index in [-0.39, 0.29) is 13.2 Å². The topological polar surface area (TPSA) is 81.0 Å². The van der Waals surface area contributed by atoms with Gasteiger partial charge in [-0.3, -0.25) is 4.79 Å². The van der Waals surface area contributed by atoms with Gasteiger partial charge >= 0.3 is 0 Å². The Morgan fingerprint density at radius 1 is 1.18 bits per heavy atom. The number of nitrogens with zero attached hydrogens (tertiary/aromatic N) is 1. The number of hydrogen-bond donors (Lipinski definition) is 3. The first-order chi connectivity index (χ1) is 8.15. The second-order valence-electron chi connectivity index (χ2n) is 4.14. The van der Waals surface area contributed by atoms with Gasteiger partial charge < -0.3 is 20.2 Å². The van der Waals surface area contributed by atoms with Crippen LogP contribution in [0.4, 0.5) is 0 Å². The summed E-state index contributed by atoms with van der Waals surface area (Å²) in [5.41, 5.74) is 0.889. The highest BCUT2D eigenvalue weighted by atomic mass is 16.3. The molecule has 3 atom stereocenters. The molecule has 0 aromatic heterocycles. The minimum atomic E-state index is -1.43. The third kappa shape index (κ3) is 2.17. The molecule has 17 heavy (non-hydrogen) atoms. The van der Waals surface area contributed by atoms with E-state index in [2.05, 4.69) is 0 Å². The van der Waals surface area contributed by atoms with Crippen LogP contribution in [0.3, 0.4) is 0 Å². The molecular weight excluding hydrogens is 222 g/mol. The summed E-state index contributed by atoms with van der Waals surface area (Å²) >= 11 is 0. The lowest BCUT2D eigenvalue weighted by molar-refractivity contribution is -0.136. The number of carbonyl (C=O) groups excluding carboxylic acids is 1. The summed E-state index contributed by atoms with van der Waals surface area (Å²) in [5.74, 6) is -0.541. The van der Waals surface area contributed by atoms with Crippen LogP contribution in [0.1, 0.15) is 5.56 Å². The van der Waals surface area contributed by atoms with Crippen molar-refractivity contribution in [3.05, 3.63) is 35.9 Å². The summed E-state index contributed by atoms with van der Waals surface area (Å²) < 4.78 is 0. The maximum Gasteiger partial charge on any atom is 0.254 e. The van der Waals surface area contributed by atoms with Crippen molar-refractivity contribution in [1.29, 1.82) is 0 Å². The van der Waals surface area contributed by atoms with E-state index in [9.17, 15) is 15.0 Å². The van der Waals surface area contributed by atoms with Crippen molar-refractivity contribution in [1.82, 2.24) is 4.90 Å². The zero-order valence-corrected chi connectivity index (χ0v) is 9.23. The molecule has 92 valence electrons. The second kappa shape index (κ2) is 4.83. The van der Waals surface area contributed by atoms with Crippen molar-refractivity contribution in [2.24, 2.45) is 0 Å². The molecule has 1 aromatic rings. The lowest BCUT2D eigenvalue weighted by Crippen LogP contribution is -2.39. The molecule has 0 bridgehead atoms. The van der Waals surface area contributed by atoms with E-state index >= 15 is 0 Å². The minimum Gasteiger partial charge on any atom is -0.394 e. The number of benzene rings is 1. The van der Waals surface area contributed by atoms with Gasteiger partial charge in [-0.05, 0) is 5.56 Å². The van der Waals surface area contributed by atoms with Crippen molar-refractivity contribution in [2.45, 2.75) is 24.8 Å². The molecule has 2 rings (SSSR count). The lowest BCUT2D eigenvalue weighted by atomic mass is 10.1. The number of aliphatic hydroxyl groups is 3. The highest BCUT2D eigenvalue weighted by Gasteiger charge is 2.45. The molecule has 5 nitrogen and oxygen atoms in total. The Labute approximate surface area is 98.9 Å². The highest BCUT2D eigenvalue weighted by Crippen LogP contribution is 2.22. The first-order valence-electron chi connectivity index (χ1n) is 5.46. The molecule has 0 saturated carbocycles. The van der Waals surface area contributed by atoms with Gasteiger partial charge in [0, 0.05) is 6.54 Å². The second-order valence-corrected chi connectivity index (χ2v) is 4.14. The first-order valence-corrected chi connectivity index (χ1v) is 5.46. The van der Waals surface area contributed by atoms with Gasteiger partial charge in [0.05, 0.1) is 12.6 Å². The molecule has 1 amide bonds. The predicted molar refractivity (Wildman–Crippen MR) is 59.9 cm³/mol. The zero-order chi connectivity index (χ0) is 12.4. The normalized spacial score (nSPS) is 28.8. The van der Waals surface area contributed by atoms with Gasteiger partial charge in [0.2, 0.25) is 0 Å². The van der Waals surface area contributed by atoms with Crippen LogP contribution in [0, 0.1) is 0 Å². The quantitative estimate of drug-likeness (QED) is 0.637. The maximum absolute atomic E-state index is 11.7.